The number of hydrogen-bond donors (Lipinski definition) is 0. The van der Waals surface area contributed by atoms with Crippen LogP contribution in [0.3, 0.4) is 0 Å². The molecule has 0 atom stereocenters. The minimum Gasteiger partial charge on any atom is -0.497 e. The zero-order valence-corrected chi connectivity index (χ0v) is 12.4. The van der Waals surface area contributed by atoms with Gasteiger partial charge in [0.1, 0.15) is 5.75 Å². The van der Waals surface area contributed by atoms with E-state index in [-0.39, 0.29) is 0 Å². The number of rotatable bonds is 5. The van der Waals surface area contributed by atoms with E-state index in [1.165, 1.54) is 0 Å². The minimum atomic E-state index is 0.495. The van der Waals surface area contributed by atoms with E-state index in [4.69, 9.17) is 9.47 Å². The van der Waals surface area contributed by atoms with Gasteiger partial charge in [0.15, 0.2) is 0 Å². The number of methoxy groups -OCH3 is 2. The van der Waals surface area contributed by atoms with Gasteiger partial charge in [0.2, 0.25) is 5.88 Å². The van der Waals surface area contributed by atoms with Gasteiger partial charge in [0.25, 0.3) is 0 Å². The average Bonchev–Trinajstić information content (AvgIpc) is 3.04. The molecule has 0 saturated heterocycles. The van der Waals surface area contributed by atoms with Crippen molar-refractivity contribution in [3.8, 4) is 22.9 Å². The average molecular weight is 296 g/mol. The first-order chi connectivity index (χ1) is 10.8. The summed E-state index contributed by atoms with van der Waals surface area (Å²) in [6.07, 6.45) is 3.72. The molecule has 0 aliphatic carbocycles. The van der Waals surface area contributed by atoms with E-state index < -0.39 is 0 Å². The van der Waals surface area contributed by atoms with Crippen molar-refractivity contribution in [2.24, 2.45) is 0 Å². The Labute approximate surface area is 128 Å². The highest BCUT2D eigenvalue weighted by atomic mass is 16.5. The maximum absolute atomic E-state index is 5.15. The summed E-state index contributed by atoms with van der Waals surface area (Å²) >= 11 is 0. The van der Waals surface area contributed by atoms with Gasteiger partial charge in [-0.1, -0.05) is 12.1 Å². The highest BCUT2D eigenvalue weighted by Gasteiger charge is 2.05. The molecule has 6 nitrogen and oxygen atoms in total. The summed E-state index contributed by atoms with van der Waals surface area (Å²) in [5, 5.41) is 12.4. The van der Waals surface area contributed by atoms with Crippen LogP contribution in [0.15, 0.2) is 48.8 Å². The van der Waals surface area contributed by atoms with Gasteiger partial charge in [0, 0.05) is 17.8 Å². The van der Waals surface area contributed by atoms with E-state index in [0.717, 1.165) is 22.6 Å². The smallest absolute Gasteiger partial charge is 0.233 e. The molecule has 22 heavy (non-hydrogen) atoms. The van der Waals surface area contributed by atoms with Crippen molar-refractivity contribution in [2.45, 2.75) is 6.54 Å². The van der Waals surface area contributed by atoms with Gasteiger partial charge in [-0.15, -0.1) is 10.2 Å². The first kappa shape index (κ1) is 14.1. The Morgan fingerprint density at radius 1 is 0.955 bits per heavy atom. The summed E-state index contributed by atoms with van der Waals surface area (Å²) in [6.45, 7) is 0.688. The standard InChI is InChI=1S/C16H16N4O2/c1-21-14-5-3-12(4-6-14)10-20-11-13(9-17-20)15-7-8-16(22-2)19-18-15/h3-9,11H,10H2,1-2H3. The molecule has 0 amide bonds. The zero-order valence-electron chi connectivity index (χ0n) is 12.4. The van der Waals surface area contributed by atoms with Crippen LogP contribution in [0.2, 0.25) is 0 Å². The van der Waals surface area contributed by atoms with Crippen LogP contribution in [0.1, 0.15) is 5.56 Å². The second-order valence-corrected chi connectivity index (χ2v) is 4.74. The Morgan fingerprint density at radius 3 is 2.41 bits per heavy atom. The van der Waals surface area contributed by atoms with Crippen LogP contribution in [0.25, 0.3) is 11.3 Å². The van der Waals surface area contributed by atoms with Crippen LogP contribution in [-0.2, 0) is 6.54 Å². The Kier molecular flexibility index (Phi) is 4.00. The molecule has 0 N–H and O–H groups in total. The van der Waals surface area contributed by atoms with E-state index in [0.29, 0.717) is 12.4 Å². The van der Waals surface area contributed by atoms with Gasteiger partial charge in [0.05, 0.1) is 32.7 Å². The van der Waals surface area contributed by atoms with Crippen molar-refractivity contribution in [3.63, 3.8) is 0 Å². The van der Waals surface area contributed by atoms with E-state index in [2.05, 4.69) is 15.3 Å². The van der Waals surface area contributed by atoms with Gasteiger partial charge in [-0.3, -0.25) is 4.68 Å². The zero-order chi connectivity index (χ0) is 15.4. The number of hydrogen-bond acceptors (Lipinski definition) is 5. The summed E-state index contributed by atoms with van der Waals surface area (Å²) in [5.41, 5.74) is 2.83. The first-order valence-corrected chi connectivity index (χ1v) is 6.82. The van der Waals surface area contributed by atoms with Crippen LogP contribution >= 0.6 is 0 Å². The van der Waals surface area contributed by atoms with E-state index >= 15 is 0 Å². The van der Waals surface area contributed by atoms with Crippen LogP contribution in [0.5, 0.6) is 11.6 Å². The van der Waals surface area contributed by atoms with Crippen LogP contribution in [0, 0.1) is 0 Å². The van der Waals surface area contributed by atoms with Gasteiger partial charge in [-0.2, -0.15) is 5.10 Å². The molecule has 0 aliphatic rings. The van der Waals surface area contributed by atoms with Crippen molar-refractivity contribution >= 4 is 0 Å². The molecule has 0 bridgehead atoms. The minimum absolute atomic E-state index is 0.495. The van der Waals surface area contributed by atoms with E-state index in [9.17, 15) is 0 Å². The number of benzene rings is 1. The van der Waals surface area contributed by atoms with Gasteiger partial charge >= 0.3 is 0 Å². The number of ether oxygens (including phenoxy) is 2. The molecule has 0 aliphatic heterocycles. The lowest BCUT2D eigenvalue weighted by Crippen LogP contribution is -1.99. The normalized spacial score (nSPS) is 10.5. The Bertz CT molecular complexity index is 736. The quantitative estimate of drug-likeness (QED) is 0.723. The fourth-order valence-corrected chi connectivity index (χ4v) is 2.08. The molecule has 0 unspecified atom stereocenters. The molecule has 2 aromatic heterocycles. The summed E-state index contributed by atoms with van der Waals surface area (Å²) < 4.78 is 12.0. The summed E-state index contributed by atoms with van der Waals surface area (Å²) in [6, 6.07) is 11.6. The molecule has 3 rings (SSSR count). The third-order valence-electron chi connectivity index (χ3n) is 3.28. The maximum Gasteiger partial charge on any atom is 0.233 e. The summed E-state index contributed by atoms with van der Waals surface area (Å²) in [7, 11) is 3.22. The lowest BCUT2D eigenvalue weighted by molar-refractivity contribution is 0.392. The fraction of sp³-hybridized carbons (Fsp3) is 0.188. The third-order valence-corrected chi connectivity index (χ3v) is 3.28. The SMILES string of the molecule is COc1ccc(Cn2cc(-c3ccc(OC)nn3)cn2)cc1. The van der Waals surface area contributed by atoms with Crippen molar-refractivity contribution in [3.05, 3.63) is 54.4 Å². The topological polar surface area (TPSA) is 62.1 Å². The van der Waals surface area contributed by atoms with Gasteiger partial charge in [-0.05, 0) is 23.8 Å². The molecular formula is C16H16N4O2. The predicted molar refractivity (Wildman–Crippen MR) is 81.9 cm³/mol. The molecule has 2 heterocycles. The van der Waals surface area contributed by atoms with Gasteiger partial charge < -0.3 is 9.47 Å². The lowest BCUT2D eigenvalue weighted by atomic mass is 10.2. The number of aromatic nitrogens is 4. The predicted octanol–water partition coefficient (Wildman–Crippen LogP) is 2.41. The molecule has 112 valence electrons. The molecule has 6 heteroatoms. The maximum atomic E-state index is 5.15. The third kappa shape index (κ3) is 3.06. The highest BCUT2D eigenvalue weighted by molar-refractivity contribution is 5.56. The molecule has 0 spiro atoms. The van der Waals surface area contributed by atoms with Crippen molar-refractivity contribution < 1.29 is 9.47 Å². The number of nitrogens with zero attached hydrogens (tertiary/aromatic N) is 4. The molecule has 1 aromatic carbocycles. The van der Waals surface area contributed by atoms with E-state index in [1.807, 2.05) is 41.2 Å². The molecule has 3 aromatic rings. The molecule has 0 saturated carbocycles. The Morgan fingerprint density at radius 2 is 1.77 bits per heavy atom. The largest absolute Gasteiger partial charge is 0.497 e. The van der Waals surface area contributed by atoms with Crippen LogP contribution < -0.4 is 9.47 Å². The summed E-state index contributed by atoms with van der Waals surface area (Å²) in [4.78, 5) is 0. The van der Waals surface area contributed by atoms with Crippen LogP contribution in [-0.4, -0.2) is 34.2 Å². The lowest BCUT2D eigenvalue weighted by Gasteiger charge is -2.03. The fourth-order valence-electron chi connectivity index (χ4n) is 2.08. The van der Waals surface area contributed by atoms with Gasteiger partial charge in [-0.25, -0.2) is 0 Å². The van der Waals surface area contributed by atoms with Crippen molar-refractivity contribution in [1.29, 1.82) is 0 Å². The van der Waals surface area contributed by atoms with Crippen molar-refractivity contribution in [1.82, 2.24) is 20.0 Å². The molecule has 0 radical (unpaired) electrons. The Hall–Kier alpha value is -2.89. The van der Waals surface area contributed by atoms with Crippen LogP contribution in [0.4, 0.5) is 0 Å². The monoisotopic (exact) mass is 296 g/mol. The second-order valence-electron chi connectivity index (χ2n) is 4.74. The van der Waals surface area contributed by atoms with Crippen molar-refractivity contribution in [2.75, 3.05) is 14.2 Å². The molecular weight excluding hydrogens is 280 g/mol. The Balaban J connectivity index is 1.74. The second kappa shape index (κ2) is 6.26. The first-order valence-electron chi connectivity index (χ1n) is 6.82. The van der Waals surface area contributed by atoms with E-state index in [1.54, 1.807) is 26.5 Å². The molecule has 0 fully saturated rings. The summed E-state index contributed by atoms with van der Waals surface area (Å²) in [5.74, 6) is 1.34. The highest BCUT2D eigenvalue weighted by Crippen LogP contribution is 2.18.